The summed E-state index contributed by atoms with van der Waals surface area (Å²) in [5, 5.41) is 4.22. The minimum atomic E-state index is -0.187. The number of para-hydroxylation sites is 1. The molecule has 0 saturated heterocycles. The first-order valence-corrected chi connectivity index (χ1v) is 8.67. The third kappa shape index (κ3) is 3.15. The molecule has 1 unspecified atom stereocenters. The number of aromatic nitrogens is 3. The summed E-state index contributed by atoms with van der Waals surface area (Å²) in [6.07, 6.45) is 4.34. The van der Waals surface area contributed by atoms with Crippen molar-refractivity contribution in [3.8, 4) is 0 Å². The summed E-state index contributed by atoms with van der Waals surface area (Å²) in [7, 11) is 1.92. The Bertz CT molecular complexity index is 763. The van der Waals surface area contributed by atoms with E-state index in [1.807, 2.05) is 49.0 Å². The molecule has 0 spiro atoms. The minimum absolute atomic E-state index is 0.0328. The third-order valence-corrected chi connectivity index (χ3v) is 5.60. The molecule has 1 N–H and O–H groups in total. The van der Waals surface area contributed by atoms with Crippen LogP contribution in [-0.2, 0) is 11.8 Å². The second-order valence-corrected chi connectivity index (χ2v) is 7.01. The van der Waals surface area contributed by atoms with Crippen molar-refractivity contribution in [3.05, 3.63) is 36.7 Å². The molecule has 3 aromatic rings. The second kappa shape index (κ2) is 6.50. The van der Waals surface area contributed by atoms with E-state index in [2.05, 4.69) is 15.3 Å². The maximum atomic E-state index is 12.5. The average Bonchev–Trinajstić information content (AvgIpc) is 3.10. The van der Waals surface area contributed by atoms with Gasteiger partial charge in [-0.3, -0.25) is 4.79 Å². The SMILES string of the molecule is CCC(Sc1nccn1C)C(=O)Nc1nc2ccccc2s1. The Labute approximate surface area is 136 Å². The lowest BCUT2D eigenvalue weighted by Crippen LogP contribution is -2.24. The Morgan fingerprint density at radius 3 is 2.95 bits per heavy atom. The average molecular weight is 332 g/mol. The van der Waals surface area contributed by atoms with E-state index in [1.165, 1.54) is 23.1 Å². The Hall–Kier alpha value is -1.86. The monoisotopic (exact) mass is 332 g/mol. The maximum Gasteiger partial charge on any atom is 0.239 e. The fourth-order valence-electron chi connectivity index (χ4n) is 2.03. The molecular formula is C15H16N4OS2. The van der Waals surface area contributed by atoms with Gasteiger partial charge in [-0.2, -0.15) is 0 Å². The first-order valence-electron chi connectivity index (χ1n) is 6.97. The molecule has 2 heterocycles. The number of anilines is 1. The summed E-state index contributed by atoms with van der Waals surface area (Å²) in [5.41, 5.74) is 0.910. The molecule has 2 aromatic heterocycles. The van der Waals surface area contributed by atoms with Crippen molar-refractivity contribution >= 4 is 44.4 Å². The molecule has 1 aromatic carbocycles. The van der Waals surface area contributed by atoms with Crippen LogP contribution in [0, 0.1) is 0 Å². The molecule has 114 valence electrons. The van der Waals surface area contributed by atoms with E-state index in [0.29, 0.717) is 5.13 Å². The van der Waals surface area contributed by atoms with Crippen molar-refractivity contribution < 1.29 is 4.79 Å². The first-order chi connectivity index (χ1) is 10.7. The summed E-state index contributed by atoms with van der Waals surface area (Å²) in [6.45, 7) is 2.00. The quantitative estimate of drug-likeness (QED) is 0.726. The number of amides is 1. The smallest absolute Gasteiger partial charge is 0.239 e. The summed E-state index contributed by atoms with van der Waals surface area (Å²) >= 11 is 2.96. The van der Waals surface area contributed by atoms with Crippen LogP contribution < -0.4 is 5.32 Å². The summed E-state index contributed by atoms with van der Waals surface area (Å²) in [5.74, 6) is -0.0328. The van der Waals surface area contributed by atoms with E-state index in [4.69, 9.17) is 0 Å². The zero-order valence-electron chi connectivity index (χ0n) is 12.3. The zero-order valence-corrected chi connectivity index (χ0v) is 13.9. The molecule has 5 nitrogen and oxygen atoms in total. The fraction of sp³-hybridized carbons (Fsp3) is 0.267. The van der Waals surface area contributed by atoms with Crippen LogP contribution in [0.3, 0.4) is 0 Å². The van der Waals surface area contributed by atoms with Crippen molar-refractivity contribution in [3.63, 3.8) is 0 Å². The van der Waals surface area contributed by atoms with Crippen LogP contribution in [0.25, 0.3) is 10.2 Å². The van der Waals surface area contributed by atoms with Gasteiger partial charge in [-0.15, -0.1) is 0 Å². The minimum Gasteiger partial charge on any atom is -0.329 e. The van der Waals surface area contributed by atoms with Crippen LogP contribution in [0.5, 0.6) is 0 Å². The lowest BCUT2D eigenvalue weighted by molar-refractivity contribution is -0.115. The van der Waals surface area contributed by atoms with E-state index in [9.17, 15) is 4.79 Å². The van der Waals surface area contributed by atoms with Crippen LogP contribution >= 0.6 is 23.1 Å². The number of aryl methyl sites for hydroxylation is 1. The number of hydrogen-bond acceptors (Lipinski definition) is 5. The number of imidazole rings is 1. The lowest BCUT2D eigenvalue weighted by Gasteiger charge is -2.12. The van der Waals surface area contributed by atoms with Crippen LogP contribution in [0.15, 0.2) is 41.8 Å². The Balaban J connectivity index is 1.72. The molecule has 0 saturated carbocycles. The largest absolute Gasteiger partial charge is 0.329 e. The summed E-state index contributed by atoms with van der Waals surface area (Å²) < 4.78 is 2.99. The number of rotatable bonds is 5. The Morgan fingerprint density at radius 2 is 2.27 bits per heavy atom. The third-order valence-electron chi connectivity index (χ3n) is 3.21. The number of fused-ring (bicyclic) bond motifs is 1. The molecule has 0 fully saturated rings. The molecule has 3 rings (SSSR count). The normalized spacial score (nSPS) is 12.5. The van der Waals surface area contributed by atoms with Gasteiger partial charge in [0.15, 0.2) is 10.3 Å². The standard InChI is InChI=1S/C15H16N4OS2/c1-3-11(22-15-16-8-9-19(15)2)13(20)18-14-17-10-6-4-5-7-12(10)21-14/h4-9,11H,3H2,1-2H3,(H,17,18,20). The predicted molar refractivity (Wildman–Crippen MR) is 91.4 cm³/mol. The lowest BCUT2D eigenvalue weighted by atomic mass is 10.3. The molecule has 1 atom stereocenters. The van der Waals surface area contributed by atoms with Gasteiger partial charge >= 0.3 is 0 Å². The molecule has 0 aliphatic heterocycles. The highest BCUT2D eigenvalue weighted by Gasteiger charge is 2.21. The Morgan fingerprint density at radius 1 is 1.45 bits per heavy atom. The second-order valence-electron chi connectivity index (χ2n) is 4.81. The number of carbonyl (C=O) groups is 1. The number of nitrogens with zero attached hydrogens (tertiary/aromatic N) is 3. The molecular weight excluding hydrogens is 316 g/mol. The first kappa shape index (κ1) is 15.1. The number of thioether (sulfide) groups is 1. The maximum absolute atomic E-state index is 12.5. The van der Waals surface area contributed by atoms with E-state index < -0.39 is 0 Å². The van der Waals surface area contributed by atoms with Gasteiger partial charge < -0.3 is 9.88 Å². The van der Waals surface area contributed by atoms with Crippen LogP contribution in [0.2, 0.25) is 0 Å². The molecule has 0 radical (unpaired) electrons. The van der Waals surface area contributed by atoms with Crippen molar-refractivity contribution in [2.75, 3.05) is 5.32 Å². The van der Waals surface area contributed by atoms with Gasteiger partial charge in [0.2, 0.25) is 5.91 Å². The van der Waals surface area contributed by atoms with Gasteiger partial charge in [-0.05, 0) is 18.6 Å². The molecule has 0 bridgehead atoms. The zero-order chi connectivity index (χ0) is 15.5. The van der Waals surface area contributed by atoms with Gasteiger partial charge in [0.1, 0.15) is 0 Å². The molecule has 22 heavy (non-hydrogen) atoms. The van der Waals surface area contributed by atoms with Crippen LogP contribution in [-0.4, -0.2) is 25.7 Å². The van der Waals surface area contributed by atoms with E-state index >= 15 is 0 Å². The number of hydrogen-bond donors (Lipinski definition) is 1. The van der Waals surface area contributed by atoms with Crippen LogP contribution in [0.1, 0.15) is 13.3 Å². The summed E-state index contributed by atoms with van der Waals surface area (Å²) in [6, 6.07) is 7.86. The van der Waals surface area contributed by atoms with Gasteiger partial charge in [-0.1, -0.05) is 42.2 Å². The van der Waals surface area contributed by atoms with Crippen molar-refractivity contribution in [2.45, 2.75) is 23.8 Å². The van der Waals surface area contributed by atoms with Gasteiger partial charge in [-0.25, -0.2) is 9.97 Å². The fourth-order valence-corrected chi connectivity index (χ4v) is 3.83. The number of nitrogens with one attached hydrogen (secondary N) is 1. The molecule has 0 aliphatic carbocycles. The van der Waals surface area contributed by atoms with Crippen molar-refractivity contribution in [2.24, 2.45) is 7.05 Å². The number of carbonyl (C=O) groups excluding carboxylic acids is 1. The highest BCUT2D eigenvalue weighted by molar-refractivity contribution is 8.00. The number of benzene rings is 1. The topological polar surface area (TPSA) is 59.8 Å². The molecule has 0 aliphatic rings. The van der Waals surface area contributed by atoms with Gasteiger partial charge in [0.05, 0.1) is 15.5 Å². The van der Waals surface area contributed by atoms with Crippen molar-refractivity contribution in [1.82, 2.24) is 14.5 Å². The molecule has 1 amide bonds. The van der Waals surface area contributed by atoms with Crippen molar-refractivity contribution in [1.29, 1.82) is 0 Å². The van der Waals surface area contributed by atoms with E-state index in [0.717, 1.165) is 21.8 Å². The van der Waals surface area contributed by atoms with Gasteiger partial charge in [0, 0.05) is 19.4 Å². The highest BCUT2D eigenvalue weighted by atomic mass is 32.2. The number of thiazole rings is 1. The Kier molecular flexibility index (Phi) is 4.44. The summed E-state index contributed by atoms with van der Waals surface area (Å²) in [4.78, 5) is 21.2. The predicted octanol–water partition coefficient (Wildman–Crippen LogP) is 3.54. The van der Waals surface area contributed by atoms with Gasteiger partial charge in [0.25, 0.3) is 0 Å². The highest BCUT2D eigenvalue weighted by Crippen LogP contribution is 2.28. The van der Waals surface area contributed by atoms with E-state index in [1.54, 1.807) is 6.20 Å². The van der Waals surface area contributed by atoms with E-state index in [-0.39, 0.29) is 11.2 Å². The van der Waals surface area contributed by atoms with Crippen LogP contribution in [0.4, 0.5) is 5.13 Å². The molecule has 7 heteroatoms.